The summed E-state index contributed by atoms with van der Waals surface area (Å²) in [4.78, 5) is 0. The first-order chi connectivity index (χ1) is 7.25. The van der Waals surface area contributed by atoms with Crippen LogP contribution < -0.4 is 5.32 Å². The van der Waals surface area contributed by atoms with Crippen molar-refractivity contribution in [1.82, 2.24) is 5.32 Å². The molecule has 0 amide bonds. The third-order valence-electron chi connectivity index (χ3n) is 2.76. The average molecular weight is 205 g/mol. The number of hydrogen-bond donors (Lipinski definition) is 1. The maximum Gasteiger partial charge on any atom is 0.0719 e. The molecule has 2 nitrogen and oxygen atoms in total. The van der Waals surface area contributed by atoms with Gasteiger partial charge in [0.2, 0.25) is 0 Å². The minimum Gasteiger partial charge on any atom is -0.376 e. The zero-order valence-corrected chi connectivity index (χ0v) is 9.55. The van der Waals surface area contributed by atoms with Gasteiger partial charge in [0.05, 0.1) is 13.2 Å². The van der Waals surface area contributed by atoms with E-state index in [1.54, 1.807) is 0 Å². The summed E-state index contributed by atoms with van der Waals surface area (Å²) in [6.45, 7) is 6.96. The lowest BCUT2D eigenvalue weighted by atomic mass is 10.0. The van der Waals surface area contributed by atoms with Crippen molar-refractivity contribution in [3.05, 3.63) is 34.9 Å². The number of benzene rings is 1. The van der Waals surface area contributed by atoms with E-state index in [2.05, 4.69) is 37.4 Å². The first-order valence-electron chi connectivity index (χ1n) is 5.67. The second-order valence-electron chi connectivity index (χ2n) is 4.44. The van der Waals surface area contributed by atoms with Crippen LogP contribution in [0.2, 0.25) is 0 Å². The normalized spacial score (nSPS) is 15.4. The average Bonchev–Trinajstić information content (AvgIpc) is 2.26. The van der Waals surface area contributed by atoms with Crippen molar-refractivity contribution in [2.45, 2.75) is 39.5 Å². The van der Waals surface area contributed by atoms with Gasteiger partial charge in [-0.1, -0.05) is 32.0 Å². The number of hydrogen-bond acceptors (Lipinski definition) is 2. The number of ether oxygens (including phenoxy) is 1. The van der Waals surface area contributed by atoms with Crippen LogP contribution in [0.5, 0.6) is 0 Å². The molecule has 1 aliphatic heterocycles. The van der Waals surface area contributed by atoms with Gasteiger partial charge in [-0.15, -0.1) is 0 Å². The fourth-order valence-electron chi connectivity index (χ4n) is 1.85. The molecule has 1 heterocycles. The summed E-state index contributed by atoms with van der Waals surface area (Å²) in [5, 5.41) is 3.44. The van der Waals surface area contributed by atoms with Crippen LogP contribution in [0.3, 0.4) is 0 Å². The summed E-state index contributed by atoms with van der Waals surface area (Å²) < 4.78 is 5.42. The zero-order valence-electron chi connectivity index (χ0n) is 9.55. The van der Waals surface area contributed by atoms with Crippen molar-refractivity contribution in [2.24, 2.45) is 0 Å². The number of rotatable bonds is 3. The largest absolute Gasteiger partial charge is 0.376 e. The third kappa shape index (κ3) is 2.80. The topological polar surface area (TPSA) is 21.3 Å². The van der Waals surface area contributed by atoms with E-state index < -0.39 is 0 Å². The maximum absolute atomic E-state index is 5.42. The molecule has 82 valence electrons. The molecule has 0 saturated carbocycles. The van der Waals surface area contributed by atoms with Gasteiger partial charge < -0.3 is 10.1 Å². The molecule has 0 spiro atoms. The Morgan fingerprint density at radius 3 is 3.00 bits per heavy atom. The Morgan fingerprint density at radius 2 is 2.20 bits per heavy atom. The second kappa shape index (κ2) is 4.77. The molecule has 0 saturated heterocycles. The molecule has 2 rings (SSSR count). The van der Waals surface area contributed by atoms with Gasteiger partial charge in [-0.25, -0.2) is 0 Å². The van der Waals surface area contributed by atoms with Crippen LogP contribution in [0.4, 0.5) is 0 Å². The molecule has 1 aliphatic rings. The predicted molar refractivity (Wildman–Crippen MR) is 61.8 cm³/mol. The van der Waals surface area contributed by atoms with Crippen molar-refractivity contribution < 1.29 is 4.74 Å². The Labute approximate surface area is 91.6 Å². The highest BCUT2D eigenvalue weighted by Crippen LogP contribution is 2.18. The molecule has 0 radical (unpaired) electrons. The Hall–Kier alpha value is -0.860. The maximum atomic E-state index is 5.42. The molecule has 1 aromatic rings. The molecule has 2 heteroatoms. The summed E-state index contributed by atoms with van der Waals surface area (Å²) in [5.74, 6) is 0. The lowest BCUT2D eigenvalue weighted by molar-refractivity contribution is 0.110. The van der Waals surface area contributed by atoms with E-state index in [0.717, 1.165) is 26.2 Å². The molecule has 0 aliphatic carbocycles. The fraction of sp³-hybridized carbons (Fsp3) is 0.538. The van der Waals surface area contributed by atoms with Gasteiger partial charge in [0, 0.05) is 12.6 Å². The van der Waals surface area contributed by atoms with E-state index in [1.165, 1.54) is 16.7 Å². The Bertz CT molecular complexity index is 333. The van der Waals surface area contributed by atoms with E-state index in [9.17, 15) is 0 Å². The lowest BCUT2D eigenvalue weighted by Crippen LogP contribution is -2.22. The minimum atomic E-state index is 0.546. The highest BCUT2D eigenvalue weighted by molar-refractivity contribution is 5.32. The summed E-state index contributed by atoms with van der Waals surface area (Å²) >= 11 is 0. The summed E-state index contributed by atoms with van der Waals surface area (Å²) in [6, 6.07) is 7.26. The predicted octanol–water partition coefficient (Wildman–Crippen LogP) is 2.26. The smallest absolute Gasteiger partial charge is 0.0719 e. The van der Waals surface area contributed by atoms with Crippen LogP contribution in [-0.4, -0.2) is 12.6 Å². The SMILES string of the molecule is CC(C)NCc1ccc2c(c1)CCOC2. The van der Waals surface area contributed by atoms with Gasteiger partial charge in [-0.2, -0.15) is 0 Å². The van der Waals surface area contributed by atoms with Gasteiger partial charge in [0.25, 0.3) is 0 Å². The van der Waals surface area contributed by atoms with Crippen molar-refractivity contribution in [3.63, 3.8) is 0 Å². The van der Waals surface area contributed by atoms with Crippen molar-refractivity contribution in [1.29, 1.82) is 0 Å². The van der Waals surface area contributed by atoms with Crippen molar-refractivity contribution in [2.75, 3.05) is 6.61 Å². The molecule has 1 N–H and O–H groups in total. The summed E-state index contributed by atoms with van der Waals surface area (Å²) in [6.07, 6.45) is 1.06. The summed E-state index contributed by atoms with van der Waals surface area (Å²) in [7, 11) is 0. The molecule has 1 aromatic carbocycles. The first kappa shape index (κ1) is 10.7. The highest BCUT2D eigenvalue weighted by Gasteiger charge is 2.09. The fourth-order valence-corrected chi connectivity index (χ4v) is 1.85. The van der Waals surface area contributed by atoms with Crippen LogP contribution in [0, 0.1) is 0 Å². The quantitative estimate of drug-likeness (QED) is 0.817. The van der Waals surface area contributed by atoms with E-state index in [0.29, 0.717) is 6.04 Å². The van der Waals surface area contributed by atoms with Gasteiger partial charge >= 0.3 is 0 Å². The second-order valence-corrected chi connectivity index (χ2v) is 4.44. The lowest BCUT2D eigenvalue weighted by Gasteiger charge is -2.17. The molecule has 0 fully saturated rings. The molecular formula is C13H19NO. The van der Waals surface area contributed by atoms with E-state index in [-0.39, 0.29) is 0 Å². The van der Waals surface area contributed by atoms with Crippen LogP contribution in [0.1, 0.15) is 30.5 Å². The summed E-state index contributed by atoms with van der Waals surface area (Å²) in [5.41, 5.74) is 4.20. The van der Waals surface area contributed by atoms with E-state index in [4.69, 9.17) is 4.74 Å². The van der Waals surface area contributed by atoms with Gasteiger partial charge in [0.15, 0.2) is 0 Å². The Morgan fingerprint density at radius 1 is 1.33 bits per heavy atom. The minimum absolute atomic E-state index is 0.546. The third-order valence-corrected chi connectivity index (χ3v) is 2.76. The molecule has 0 aromatic heterocycles. The number of fused-ring (bicyclic) bond motifs is 1. The number of nitrogens with one attached hydrogen (secondary N) is 1. The van der Waals surface area contributed by atoms with E-state index >= 15 is 0 Å². The molecule has 0 bridgehead atoms. The Balaban J connectivity index is 2.07. The van der Waals surface area contributed by atoms with Crippen LogP contribution in [0.25, 0.3) is 0 Å². The van der Waals surface area contributed by atoms with Gasteiger partial charge in [0.1, 0.15) is 0 Å². The standard InChI is InChI=1S/C13H19NO/c1-10(2)14-8-11-3-4-13-9-15-6-5-12(13)7-11/h3-4,7,10,14H,5-6,8-9H2,1-2H3. The monoisotopic (exact) mass is 205 g/mol. The van der Waals surface area contributed by atoms with Crippen LogP contribution in [0.15, 0.2) is 18.2 Å². The molecule has 0 atom stereocenters. The van der Waals surface area contributed by atoms with Crippen LogP contribution >= 0.6 is 0 Å². The van der Waals surface area contributed by atoms with Crippen LogP contribution in [-0.2, 0) is 24.3 Å². The first-order valence-corrected chi connectivity index (χ1v) is 5.67. The highest BCUT2D eigenvalue weighted by atomic mass is 16.5. The molecule has 15 heavy (non-hydrogen) atoms. The van der Waals surface area contributed by atoms with Crippen molar-refractivity contribution >= 4 is 0 Å². The molecular weight excluding hydrogens is 186 g/mol. The van der Waals surface area contributed by atoms with E-state index in [1.807, 2.05) is 0 Å². The van der Waals surface area contributed by atoms with Gasteiger partial charge in [-0.3, -0.25) is 0 Å². The van der Waals surface area contributed by atoms with Crippen molar-refractivity contribution in [3.8, 4) is 0 Å². The Kier molecular flexibility index (Phi) is 3.39. The van der Waals surface area contributed by atoms with Gasteiger partial charge in [-0.05, 0) is 23.1 Å². The zero-order chi connectivity index (χ0) is 10.7. The molecule has 0 unspecified atom stereocenters.